The summed E-state index contributed by atoms with van der Waals surface area (Å²) < 4.78 is 10.7. The summed E-state index contributed by atoms with van der Waals surface area (Å²) in [4.78, 5) is 17.4. The van der Waals surface area contributed by atoms with E-state index in [-0.39, 0.29) is 12.7 Å². The van der Waals surface area contributed by atoms with Gasteiger partial charge in [0.2, 0.25) is 12.7 Å². The van der Waals surface area contributed by atoms with Gasteiger partial charge in [0.05, 0.1) is 5.69 Å². The molecular weight excluding hydrogens is 352 g/mol. The van der Waals surface area contributed by atoms with Gasteiger partial charge >= 0.3 is 0 Å². The molecule has 6 heteroatoms. The first-order valence-corrected chi connectivity index (χ1v) is 8.45. The number of carbonyl (C=O) groups is 1. The van der Waals surface area contributed by atoms with Crippen molar-refractivity contribution in [1.82, 2.24) is 4.98 Å². The predicted molar refractivity (Wildman–Crippen MR) is 98.7 cm³/mol. The molecule has 26 heavy (non-hydrogen) atoms. The van der Waals surface area contributed by atoms with Gasteiger partial charge in [0.1, 0.15) is 5.92 Å². The molecule has 1 aliphatic heterocycles. The molecule has 1 amide bonds. The topological polar surface area (TPSA) is 60.5 Å². The van der Waals surface area contributed by atoms with E-state index in [9.17, 15) is 4.79 Å². The van der Waals surface area contributed by atoms with Gasteiger partial charge in [-0.25, -0.2) is 0 Å². The molecule has 1 aromatic heterocycles. The number of pyridine rings is 1. The van der Waals surface area contributed by atoms with E-state index in [4.69, 9.17) is 21.1 Å². The lowest BCUT2D eigenvalue weighted by atomic mass is 9.94. The fourth-order valence-electron chi connectivity index (χ4n) is 2.85. The number of nitrogens with one attached hydrogen (secondary N) is 1. The highest BCUT2D eigenvalue weighted by molar-refractivity contribution is 6.30. The second-order valence-corrected chi connectivity index (χ2v) is 6.23. The maximum atomic E-state index is 13.0. The van der Waals surface area contributed by atoms with Crippen LogP contribution < -0.4 is 14.8 Å². The Bertz CT molecular complexity index is 930. The molecule has 2 heterocycles. The molecule has 4 rings (SSSR count). The minimum atomic E-state index is -0.557. The molecule has 130 valence electrons. The van der Waals surface area contributed by atoms with Crippen LogP contribution in [0.4, 0.5) is 5.69 Å². The van der Waals surface area contributed by atoms with Gasteiger partial charge in [0, 0.05) is 23.0 Å². The Morgan fingerprint density at radius 1 is 1.04 bits per heavy atom. The third-order valence-electron chi connectivity index (χ3n) is 4.09. The average molecular weight is 367 g/mol. The smallest absolute Gasteiger partial charge is 0.237 e. The standard InChI is InChI=1S/C20H15ClN2O3/c21-14-6-4-13(5-7-14)19(16-3-1-2-10-22-16)20(24)23-15-8-9-17-18(11-15)26-12-25-17/h1-11,19H,12H2,(H,23,24). The number of aromatic nitrogens is 1. The molecule has 5 nitrogen and oxygen atoms in total. The van der Waals surface area contributed by atoms with E-state index >= 15 is 0 Å². The Hall–Kier alpha value is -3.05. The lowest BCUT2D eigenvalue weighted by Crippen LogP contribution is -2.23. The summed E-state index contributed by atoms with van der Waals surface area (Å²) in [5.74, 6) is 0.537. The molecule has 0 radical (unpaired) electrons. The largest absolute Gasteiger partial charge is 0.454 e. The summed E-state index contributed by atoms with van der Waals surface area (Å²) in [6.45, 7) is 0.189. The number of ether oxygens (including phenoxy) is 2. The molecule has 1 unspecified atom stereocenters. The summed E-state index contributed by atoms with van der Waals surface area (Å²) in [5, 5.41) is 3.55. The van der Waals surface area contributed by atoms with Crippen LogP contribution in [0.3, 0.4) is 0 Å². The Morgan fingerprint density at radius 3 is 2.62 bits per heavy atom. The van der Waals surface area contributed by atoms with Crippen LogP contribution in [0, 0.1) is 0 Å². The second kappa shape index (κ2) is 7.06. The fourth-order valence-corrected chi connectivity index (χ4v) is 2.97. The van der Waals surface area contributed by atoms with Crippen molar-refractivity contribution in [3.63, 3.8) is 0 Å². The molecule has 1 N–H and O–H groups in total. The highest BCUT2D eigenvalue weighted by atomic mass is 35.5. The van der Waals surface area contributed by atoms with E-state index < -0.39 is 5.92 Å². The molecule has 1 atom stereocenters. The van der Waals surface area contributed by atoms with Crippen molar-refractivity contribution in [2.75, 3.05) is 12.1 Å². The summed E-state index contributed by atoms with van der Waals surface area (Å²) in [6.07, 6.45) is 1.67. The van der Waals surface area contributed by atoms with Gasteiger partial charge in [0.15, 0.2) is 11.5 Å². The molecule has 0 saturated heterocycles. The number of nitrogens with zero attached hydrogens (tertiary/aromatic N) is 1. The van der Waals surface area contributed by atoms with E-state index in [2.05, 4.69) is 10.3 Å². The van der Waals surface area contributed by atoms with Gasteiger partial charge in [-0.05, 0) is 42.0 Å². The second-order valence-electron chi connectivity index (χ2n) is 5.80. The quantitative estimate of drug-likeness (QED) is 0.750. The number of hydrogen-bond donors (Lipinski definition) is 1. The SMILES string of the molecule is O=C(Nc1ccc2c(c1)OCO2)C(c1ccc(Cl)cc1)c1ccccn1. The number of fused-ring (bicyclic) bond motifs is 1. The van der Waals surface area contributed by atoms with Gasteiger partial charge in [-0.1, -0.05) is 29.8 Å². The normalized spacial score (nSPS) is 13.3. The summed E-state index contributed by atoms with van der Waals surface area (Å²) >= 11 is 5.98. The molecule has 1 aliphatic rings. The van der Waals surface area contributed by atoms with Crippen LogP contribution in [-0.2, 0) is 4.79 Å². The molecular formula is C20H15ClN2O3. The van der Waals surface area contributed by atoms with Crippen LogP contribution in [0.15, 0.2) is 66.9 Å². The predicted octanol–water partition coefficient (Wildman–Crippen LogP) is 4.23. The number of halogens is 1. The van der Waals surface area contributed by atoms with Gasteiger partial charge in [-0.3, -0.25) is 9.78 Å². The number of amides is 1. The lowest BCUT2D eigenvalue weighted by Gasteiger charge is -2.17. The molecule has 0 spiro atoms. The third kappa shape index (κ3) is 3.34. The minimum Gasteiger partial charge on any atom is -0.454 e. The van der Waals surface area contributed by atoms with E-state index in [0.29, 0.717) is 27.9 Å². The van der Waals surface area contributed by atoms with Gasteiger partial charge in [-0.2, -0.15) is 0 Å². The molecule has 3 aromatic rings. The average Bonchev–Trinajstić information content (AvgIpc) is 3.12. The van der Waals surface area contributed by atoms with Crippen LogP contribution in [-0.4, -0.2) is 17.7 Å². The lowest BCUT2D eigenvalue weighted by molar-refractivity contribution is -0.116. The van der Waals surface area contributed by atoms with Crippen molar-refractivity contribution >= 4 is 23.2 Å². The molecule has 0 fully saturated rings. The molecule has 0 saturated carbocycles. The molecule has 0 aliphatic carbocycles. The zero-order chi connectivity index (χ0) is 17.9. The summed E-state index contributed by atoms with van der Waals surface area (Å²) in [6, 6.07) is 18.0. The van der Waals surface area contributed by atoms with Crippen molar-refractivity contribution in [2.45, 2.75) is 5.92 Å². The van der Waals surface area contributed by atoms with Gasteiger partial charge in [0.25, 0.3) is 0 Å². The van der Waals surface area contributed by atoms with Crippen LogP contribution >= 0.6 is 11.6 Å². The number of anilines is 1. The van der Waals surface area contributed by atoms with Gasteiger partial charge < -0.3 is 14.8 Å². The van der Waals surface area contributed by atoms with Crippen molar-refractivity contribution < 1.29 is 14.3 Å². The Kier molecular flexibility index (Phi) is 4.46. The van der Waals surface area contributed by atoms with Crippen molar-refractivity contribution in [2.24, 2.45) is 0 Å². The highest BCUT2D eigenvalue weighted by Gasteiger charge is 2.25. The number of hydrogen-bond acceptors (Lipinski definition) is 4. The zero-order valence-corrected chi connectivity index (χ0v) is 14.4. The first-order valence-electron chi connectivity index (χ1n) is 8.07. The van der Waals surface area contributed by atoms with Gasteiger partial charge in [-0.15, -0.1) is 0 Å². The first kappa shape index (κ1) is 16.4. The molecule has 0 bridgehead atoms. The minimum absolute atomic E-state index is 0.189. The first-order chi connectivity index (χ1) is 12.7. The summed E-state index contributed by atoms with van der Waals surface area (Å²) in [7, 11) is 0. The van der Waals surface area contributed by atoms with Crippen molar-refractivity contribution in [3.8, 4) is 11.5 Å². The zero-order valence-electron chi connectivity index (χ0n) is 13.7. The number of rotatable bonds is 4. The van der Waals surface area contributed by atoms with Crippen LogP contribution in [0.25, 0.3) is 0 Å². The van der Waals surface area contributed by atoms with Crippen LogP contribution in [0.5, 0.6) is 11.5 Å². The summed E-state index contributed by atoms with van der Waals surface area (Å²) in [5.41, 5.74) is 2.11. The Balaban J connectivity index is 1.65. The maximum absolute atomic E-state index is 13.0. The Morgan fingerprint density at radius 2 is 1.85 bits per heavy atom. The van der Waals surface area contributed by atoms with E-state index in [1.54, 1.807) is 36.5 Å². The monoisotopic (exact) mass is 366 g/mol. The fraction of sp³-hybridized carbons (Fsp3) is 0.100. The van der Waals surface area contributed by atoms with Crippen LogP contribution in [0.1, 0.15) is 17.2 Å². The van der Waals surface area contributed by atoms with E-state index in [1.165, 1.54) is 0 Å². The maximum Gasteiger partial charge on any atom is 0.237 e. The van der Waals surface area contributed by atoms with Crippen molar-refractivity contribution in [1.29, 1.82) is 0 Å². The van der Waals surface area contributed by atoms with Crippen LogP contribution in [0.2, 0.25) is 5.02 Å². The van der Waals surface area contributed by atoms with Crippen molar-refractivity contribution in [3.05, 3.63) is 83.1 Å². The molecule has 2 aromatic carbocycles. The number of carbonyl (C=O) groups excluding carboxylic acids is 1. The van der Waals surface area contributed by atoms with E-state index in [0.717, 1.165) is 5.56 Å². The third-order valence-corrected chi connectivity index (χ3v) is 4.34. The Labute approximate surface area is 155 Å². The number of benzene rings is 2. The van der Waals surface area contributed by atoms with E-state index in [1.807, 2.05) is 30.3 Å². The highest BCUT2D eigenvalue weighted by Crippen LogP contribution is 2.35.